The van der Waals surface area contributed by atoms with E-state index in [1.54, 1.807) is 6.92 Å². The molecule has 0 atom stereocenters. The number of nitrogens with one attached hydrogen (secondary N) is 2. The Morgan fingerprint density at radius 2 is 2.36 bits per heavy atom. The van der Waals surface area contributed by atoms with Crippen LogP contribution in [0.3, 0.4) is 0 Å². The number of hydrogen-bond donors (Lipinski definition) is 2. The van der Waals surface area contributed by atoms with Crippen LogP contribution in [0.1, 0.15) is 17.4 Å². The van der Waals surface area contributed by atoms with E-state index in [-0.39, 0.29) is 12.3 Å². The third-order valence-electron chi connectivity index (χ3n) is 1.15. The summed E-state index contributed by atoms with van der Waals surface area (Å²) in [7, 11) is 0. The third-order valence-corrected chi connectivity index (χ3v) is 1.63. The summed E-state index contributed by atoms with van der Waals surface area (Å²) >= 11 is 0.908. The van der Waals surface area contributed by atoms with Crippen molar-refractivity contribution < 1.29 is 14.3 Å². The maximum atomic E-state index is 11.1. The molecule has 0 aromatic carbocycles. The van der Waals surface area contributed by atoms with Crippen molar-refractivity contribution in [2.45, 2.75) is 6.92 Å². The molecule has 1 aromatic rings. The first kappa shape index (κ1) is 10.4. The van der Waals surface area contributed by atoms with Crippen LogP contribution in [0.4, 0.5) is 4.79 Å². The van der Waals surface area contributed by atoms with Gasteiger partial charge in [0.05, 0.1) is 24.5 Å². The second-order valence-electron chi connectivity index (χ2n) is 2.09. The van der Waals surface area contributed by atoms with E-state index < -0.39 is 12.0 Å². The highest BCUT2D eigenvalue weighted by Crippen LogP contribution is 1.93. The molecule has 0 radical (unpaired) electrons. The molecule has 0 aliphatic rings. The van der Waals surface area contributed by atoms with Gasteiger partial charge in [0.15, 0.2) is 5.69 Å². The summed E-state index contributed by atoms with van der Waals surface area (Å²) in [5.74, 6) is -0.535. The normalized spacial score (nSPS) is 9.21. The third kappa shape index (κ3) is 2.98. The maximum absolute atomic E-state index is 11.1. The van der Waals surface area contributed by atoms with Gasteiger partial charge in [-0.25, -0.2) is 10.2 Å². The molecule has 14 heavy (non-hydrogen) atoms. The van der Waals surface area contributed by atoms with E-state index in [2.05, 4.69) is 18.9 Å². The van der Waals surface area contributed by atoms with Crippen LogP contribution in [-0.4, -0.2) is 27.4 Å². The number of rotatable bonds is 2. The Labute approximate surface area is 83.8 Å². The lowest BCUT2D eigenvalue weighted by Crippen LogP contribution is -2.42. The molecule has 2 N–H and O–H groups in total. The van der Waals surface area contributed by atoms with Gasteiger partial charge < -0.3 is 4.74 Å². The zero-order valence-electron chi connectivity index (χ0n) is 7.31. The molecule has 0 saturated carbocycles. The van der Waals surface area contributed by atoms with E-state index in [9.17, 15) is 9.59 Å². The Bertz CT molecular complexity index is 313. The molecule has 8 heteroatoms. The van der Waals surface area contributed by atoms with E-state index >= 15 is 0 Å². The number of ether oxygens (including phenoxy) is 1. The Hall–Kier alpha value is -1.70. The van der Waals surface area contributed by atoms with E-state index in [0.29, 0.717) is 0 Å². The van der Waals surface area contributed by atoms with Gasteiger partial charge in [0, 0.05) is 0 Å². The van der Waals surface area contributed by atoms with Gasteiger partial charge in [-0.3, -0.25) is 10.2 Å². The lowest BCUT2D eigenvalue weighted by molar-refractivity contribution is 0.0908. The van der Waals surface area contributed by atoms with Gasteiger partial charge in [-0.2, -0.15) is 8.75 Å². The summed E-state index contributed by atoms with van der Waals surface area (Å²) in [6, 6.07) is 0. The summed E-state index contributed by atoms with van der Waals surface area (Å²) in [5.41, 5.74) is 4.30. The predicted molar refractivity (Wildman–Crippen MR) is 47.5 cm³/mol. The van der Waals surface area contributed by atoms with Crippen LogP contribution in [0.15, 0.2) is 6.20 Å². The highest BCUT2D eigenvalue weighted by molar-refractivity contribution is 6.99. The van der Waals surface area contributed by atoms with Crippen LogP contribution in [-0.2, 0) is 4.74 Å². The Morgan fingerprint density at radius 1 is 1.57 bits per heavy atom. The van der Waals surface area contributed by atoms with Gasteiger partial charge in [0.2, 0.25) is 0 Å². The van der Waals surface area contributed by atoms with E-state index in [4.69, 9.17) is 0 Å². The van der Waals surface area contributed by atoms with Gasteiger partial charge in [-0.15, -0.1) is 0 Å². The first-order chi connectivity index (χ1) is 6.74. The quantitative estimate of drug-likeness (QED) is 0.675. The van der Waals surface area contributed by atoms with Gasteiger partial charge in [-0.1, -0.05) is 0 Å². The number of aromatic nitrogens is 2. The predicted octanol–water partition coefficient (Wildman–Crippen LogP) is -0.0710. The van der Waals surface area contributed by atoms with E-state index in [1.807, 2.05) is 5.43 Å². The van der Waals surface area contributed by atoms with Crippen molar-refractivity contribution in [2.24, 2.45) is 0 Å². The molecule has 1 heterocycles. The number of hydrazine groups is 1. The monoisotopic (exact) mass is 216 g/mol. The van der Waals surface area contributed by atoms with Crippen molar-refractivity contribution in [2.75, 3.05) is 6.61 Å². The van der Waals surface area contributed by atoms with Gasteiger partial charge >= 0.3 is 6.09 Å². The first-order valence-corrected chi connectivity index (χ1v) is 4.47. The highest BCUT2D eigenvalue weighted by atomic mass is 32.1. The van der Waals surface area contributed by atoms with Crippen molar-refractivity contribution in [3.8, 4) is 0 Å². The number of nitrogens with zero attached hydrogens (tertiary/aromatic N) is 2. The summed E-state index contributed by atoms with van der Waals surface area (Å²) in [5, 5.41) is 0. The summed E-state index contributed by atoms with van der Waals surface area (Å²) in [4.78, 5) is 21.9. The molecular formula is C6H8N4O3S. The van der Waals surface area contributed by atoms with Gasteiger partial charge in [0.25, 0.3) is 5.91 Å². The first-order valence-electron chi connectivity index (χ1n) is 3.74. The second kappa shape index (κ2) is 5.12. The average Bonchev–Trinajstić information content (AvgIpc) is 2.67. The smallest absolute Gasteiger partial charge is 0.426 e. The van der Waals surface area contributed by atoms with Crippen LogP contribution in [0.25, 0.3) is 0 Å². The van der Waals surface area contributed by atoms with Crippen LogP contribution in [0.2, 0.25) is 0 Å². The molecule has 0 bridgehead atoms. The standard InChI is InChI=1S/C6H8N4O3S/c1-2-13-6(12)9-8-5(11)4-3-7-14-10-4/h3H,2H2,1H3,(H,8,11)(H,9,12). The molecule has 76 valence electrons. The molecular weight excluding hydrogens is 208 g/mol. The molecule has 2 amide bonds. The fourth-order valence-electron chi connectivity index (χ4n) is 0.604. The van der Waals surface area contributed by atoms with Crippen LogP contribution in [0, 0.1) is 0 Å². The Kier molecular flexibility index (Phi) is 3.80. The zero-order chi connectivity index (χ0) is 10.4. The van der Waals surface area contributed by atoms with Crippen molar-refractivity contribution in [1.82, 2.24) is 19.6 Å². The number of carbonyl (C=O) groups excluding carboxylic acids is 2. The lowest BCUT2D eigenvalue weighted by atomic mass is 10.5. The lowest BCUT2D eigenvalue weighted by Gasteiger charge is -2.04. The zero-order valence-corrected chi connectivity index (χ0v) is 8.13. The Balaban J connectivity index is 2.32. The van der Waals surface area contributed by atoms with Crippen molar-refractivity contribution in [1.29, 1.82) is 0 Å². The molecule has 0 saturated heterocycles. The summed E-state index contributed by atoms with van der Waals surface area (Å²) in [6.45, 7) is 1.89. The summed E-state index contributed by atoms with van der Waals surface area (Å²) in [6.07, 6.45) is 0.580. The minimum absolute atomic E-state index is 0.145. The Morgan fingerprint density at radius 3 is 2.93 bits per heavy atom. The molecule has 0 aliphatic carbocycles. The number of hydrogen-bond acceptors (Lipinski definition) is 6. The minimum atomic E-state index is -0.718. The molecule has 0 fully saturated rings. The molecule has 0 spiro atoms. The van der Waals surface area contributed by atoms with Crippen molar-refractivity contribution in [3.63, 3.8) is 0 Å². The summed E-state index contributed by atoms with van der Waals surface area (Å²) < 4.78 is 11.8. The van der Waals surface area contributed by atoms with E-state index in [1.165, 1.54) is 6.20 Å². The average molecular weight is 216 g/mol. The van der Waals surface area contributed by atoms with Crippen LogP contribution >= 0.6 is 11.7 Å². The molecule has 0 aliphatic heterocycles. The molecule has 1 aromatic heterocycles. The van der Waals surface area contributed by atoms with Crippen LogP contribution in [0.5, 0.6) is 0 Å². The molecule has 7 nitrogen and oxygen atoms in total. The fourth-order valence-corrected chi connectivity index (χ4v) is 1.02. The highest BCUT2D eigenvalue weighted by Gasteiger charge is 2.09. The largest absolute Gasteiger partial charge is 0.449 e. The second-order valence-corrected chi connectivity index (χ2v) is 2.65. The maximum Gasteiger partial charge on any atom is 0.426 e. The molecule has 0 unspecified atom stereocenters. The van der Waals surface area contributed by atoms with Crippen LogP contribution < -0.4 is 10.9 Å². The fraction of sp³-hybridized carbons (Fsp3) is 0.333. The van der Waals surface area contributed by atoms with Crippen molar-refractivity contribution >= 4 is 23.7 Å². The van der Waals surface area contributed by atoms with Gasteiger partial charge in [-0.05, 0) is 6.92 Å². The van der Waals surface area contributed by atoms with Gasteiger partial charge in [0.1, 0.15) is 0 Å². The number of carbonyl (C=O) groups is 2. The topological polar surface area (TPSA) is 93.2 Å². The van der Waals surface area contributed by atoms with E-state index in [0.717, 1.165) is 11.7 Å². The number of amides is 2. The molecule has 1 rings (SSSR count). The van der Waals surface area contributed by atoms with Crippen molar-refractivity contribution in [3.05, 3.63) is 11.9 Å². The SMILES string of the molecule is CCOC(=O)NNC(=O)c1cnsn1. The minimum Gasteiger partial charge on any atom is -0.449 e.